The fourth-order valence-electron chi connectivity index (χ4n) is 1.28. The van der Waals surface area contributed by atoms with Crippen LogP contribution in [0.5, 0.6) is 0 Å². The van der Waals surface area contributed by atoms with Crippen LogP contribution in [0.1, 0.15) is 0 Å². The van der Waals surface area contributed by atoms with E-state index in [-0.39, 0.29) is 0 Å². The van der Waals surface area contributed by atoms with Crippen LogP contribution in [0.4, 0.5) is 10.5 Å². The van der Waals surface area contributed by atoms with E-state index in [1.807, 2.05) is 0 Å². The number of anilines is 1. The van der Waals surface area contributed by atoms with Crippen LogP contribution >= 0.6 is 31.9 Å². The summed E-state index contributed by atoms with van der Waals surface area (Å²) in [5.41, 5.74) is 6.23. The molecule has 0 saturated carbocycles. The minimum absolute atomic E-state index is 0.427. The summed E-state index contributed by atoms with van der Waals surface area (Å²) in [5.74, 6) is 0.427. The second kappa shape index (κ2) is 4.80. The van der Waals surface area contributed by atoms with E-state index in [0.717, 1.165) is 4.47 Å². The van der Waals surface area contributed by atoms with E-state index in [4.69, 9.17) is 5.73 Å². The highest BCUT2D eigenvalue weighted by atomic mass is 79.9. The molecule has 2 rings (SSSR count). The van der Waals surface area contributed by atoms with Gasteiger partial charge >= 0.3 is 6.03 Å². The lowest BCUT2D eigenvalue weighted by Crippen LogP contribution is -2.20. The average Bonchev–Trinajstić information content (AvgIpc) is 2.74. The van der Waals surface area contributed by atoms with Gasteiger partial charge in [0.15, 0.2) is 5.82 Å². The molecule has 2 amide bonds. The number of benzene rings is 1. The maximum atomic E-state index is 10.9. The largest absolute Gasteiger partial charge is 0.351 e. The Bertz CT molecular complexity index is 555. The van der Waals surface area contributed by atoms with Crippen LogP contribution in [0.25, 0.3) is 11.4 Å². The number of primary amides is 1. The van der Waals surface area contributed by atoms with Crippen molar-refractivity contribution in [1.29, 1.82) is 0 Å². The van der Waals surface area contributed by atoms with Gasteiger partial charge in [0.05, 0.1) is 5.69 Å². The standard InChI is InChI=1S/C8H6Br2N6O/c9-3-1-4(7-13-15-16-14-7)6(5(10)2-3)12-8(11)17/h1-2H,(H3,11,12,17)(H,13,14,15,16). The summed E-state index contributed by atoms with van der Waals surface area (Å²) in [4.78, 5) is 10.9. The van der Waals surface area contributed by atoms with Crippen LogP contribution in [0.15, 0.2) is 21.1 Å². The monoisotopic (exact) mass is 360 g/mol. The van der Waals surface area contributed by atoms with E-state index in [1.54, 1.807) is 12.1 Å². The number of nitrogens with zero attached hydrogens (tertiary/aromatic N) is 3. The topological polar surface area (TPSA) is 110 Å². The molecule has 17 heavy (non-hydrogen) atoms. The van der Waals surface area contributed by atoms with Gasteiger partial charge in [-0.3, -0.25) is 0 Å². The molecule has 0 aliphatic carbocycles. The molecular formula is C8H6Br2N6O. The molecular weight excluding hydrogens is 356 g/mol. The third kappa shape index (κ3) is 2.61. The van der Waals surface area contributed by atoms with Gasteiger partial charge in [-0.1, -0.05) is 15.9 Å². The van der Waals surface area contributed by atoms with Gasteiger partial charge in [-0.2, -0.15) is 0 Å². The highest BCUT2D eigenvalue weighted by Crippen LogP contribution is 2.35. The van der Waals surface area contributed by atoms with Crippen molar-refractivity contribution in [2.45, 2.75) is 0 Å². The van der Waals surface area contributed by atoms with Gasteiger partial charge in [0, 0.05) is 14.5 Å². The Balaban J connectivity index is 2.59. The predicted octanol–water partition coefficient (Wildman–Crippen LogP) is 1.88. The van der Waals surface area contributed by atoms with Gasteiger partial charge < -0.3 is 11.1 Å². The molecule has 0 saturated heterocycles. The van der Waals surface area contributed by atoms with Crippen LogP contribution in [-0.2, 0) is 0 Å². The van der Waals surface area contributed by atoms with Crippen LogP contribution in [0.2, 0.25) is 0 Å². The number of amides is 2. The van der Waals surface area contributed by atoms with Crippen molar-refractivity contribution < 1.29 is 4.79 Å². The number of nitrogens with one attached hydrogen (secondary N) is 2. The number of hydrogen-bond donors (Lipinski definition) is 3. The Morgan fingerprint density at radius 2 is 2.18 bits per heavy atom. The highest BCUT2D eigenvalue weighted by Gasteiger charge is 2.14. The van der Waals surface area contributed by atoms with Crippen LogP contribution in [0.3, 0.4) is 0 Å². The molecule has 0 unspecified atom stereocenters. The average molecular weight is 362 g/mol. The van der Waals surface area contributed by atoms with E-state index < -0.39 is 6.03 Å². The number of aromatic amines is 1. The first-order chi connectivity index (χ1) is 8.08. The van der Waals surface area contributed by atoms with Crippen molar-refractivity contribution in [1.82, 2.24) is 20.6 Å². The van der Waals surface area contributed by atoms with Crippen molar-refractivity contribution in [2.24, 2.45) is 5.73 Å². The number of carbonyl (C=O) groups excluding carboxylic acids is 1. The number of rotatable bonds is 2. The Labute approximate surface area is 112 Å². The number of hydrogen-bond acceptors (Lipinski definition) is 4. The molecule has 0 atom stereocenters. The molecule has 1 aromatic heterocycles. The summed E-state index contributed by atoms with van der Waals surface area (Å²) in [6, 6.07) is 2.87. The molecule has 0 spiro atoms. The van der Waals surface area contributed by atoms with Crippen LogP contribution in [-0.4, -0.2) is 26.7 Å². The van der Waals surface area contributed by atoms with Gasteiger partial charge in [0.2, 0.25) is 0 Å². The second-order valence-electron chi connectivity index (χ2n) is 3.05. The number of urea groups is 1. The number of tetrazole rings is 1. The summed E-state index contributed by atoms with van der Waals surface area (Å²) in [6.45, 7) is 0. The summed E-state index contributed by atoms with van der Waals surface area (Å²) in [6.07, 6.45) is 0. The number of aromatic nitrogens is 4. The SMILES string of the molecule is NC(=O)Nc1c(Br)cc(Br)cc1-c1nnn[nH]1. The maximum absolute atomic E-state index is 10.9. The molecule has 4 N–H and O–H groups in total. The third-order valence-corrected chi connectivity index (χ3v) is 2.99. The molecule has 0 bridgehead atoms. The van der Waals surface area contributed by atoms with Gasteiger partial charge in [0.25, 0.3) is 0 Å². The fourth-order valence-corrected chi connectivity index (χ4v) is 2.61. The molecule has 9 heteroatoms. The van der Waals surface area contributed by atoms with Crippen molar-refractivity contribution >= 4 is 43.6 Å². The normalized spacial score (nSPS) is 10.2. The number of H-pyrrole nitrogens is 1. The summed E-state index contributed by atoms with van der Waals surface area (Å²) >= 11 is 6.67. The van der Waals surface area contributed by atoms with E-state index in [9.17, 15) is 4.79 Å². The van der Waals surface area contributed by atoms with Gasteiger partial charge in [-0.15, -0.1) is 5.10 Å². The van der Waals surface area contributed by atoms with E-state index >= 15 is 0 Å². The zero-order chi connectivity index (χ0) is 12.4. The Hall–Kier alpha value is -1.48. The van der Waals surface area contributed by atoms with Gasteiger partial charge in [-0.05, 0) is 38.5 Å². The smallest absolute Gasteiger partial charge is 0.316 e. The van der Waals surface area contributed by atoms with Crippen molar-refractivity contribution in [2.75, 3.05) is 5.32 Å². The molecule has 0 aliphatic heterocycles. The number of nitrogens with two attached hydrogens (primary N) is 1. The minimum Gasteiger partial charge on any atom is -0.351 e. The quantitative estimate of drug-likeness (QED) is 0.758. The van der Waals surface area contributed by atoms with Crippen molar-refractivity contribution in [3.05, 3.63) is 21.1 Å². The summed E-state index contributed by atoms with van der Waals surface area (Å²) in [5, 5.41) is 15.9. The van der Waals surface area contributed by atoms with Crippen LogP contribution in [0, 0.1) is 0 Å². The Morgan fingerprint density at radius 1 is 1.41 bits per heavy atom. The molecule has 7 nitrogen and oxygen atoms in total. The van der Waals surface area contributed by atoms with Gasteiger partial charge in [-0.25, -0.2) is 9.89 Å². The van der Waals surface area contributed by atoms with E-state index in [1.165, 1.54) is 0 Å². The Kier molecular flexibility index (Phi) is 3.38. The number of halogens is 2. The zero-order valence-corrected chi connectivity index (χ0v) is 11.4. The fraction of sp³-hybridized carbons (Fsp3) is 0. The lowest BCUT2D eigenvalue weighted by atomic mass is 10.1. The molecule has 0 radical (unpaired) electrons. The lowest BCUT2D eigenvalue weighted by molar-refractivity contribution is 0.259. The van der Waals surface area contributed by atoms with Crippen molar-refractivity contribution in [3.8, 4) is 11.4 Å². The molecule has 1 aromatic carbocycles. The first-order valence-corrected chi connectivity index (χ1v) is 5.96. The summed E-state index contributed by atoms with van der Waals surface area (Å²) < 4.78 is 1.47. The molecule has 1 heterocycles. The highest BCUT2D eigenvalue weighted by molar-refractivity contribution is 9.11. The maximum Gasteiger partial charge on any atom is 0.316 e. The molecule has 0 aliphatic rings. The van der Waals surface area contributed by atoms with Crippen molar-refractivity contribution in [3.63, 3.8) is 0 Å². The van der Waals surface area contributed by atoms with Crippen LogP contribution < -0.4 is 11.1 Å². The third-order valence-electron chi connectivity index (χ3n) is 1.90. The van der Waals surface area contributed by atoms with E-state index in [2.05, 4.69) is 57.8 Å². The first kappa shape index (κ1) is 12.0. The molecule has 2 aromatic rings. The minimum atomic E-state index is -0.665. The summed E-state index contributed by atoms with van der Waals surface area (Å²) in [7, 11) is 0. The first-order valence-electron chi connectivity index (χ1n) is 4.37. The molecule has 88 valence electrons. The molecule has 0 fully saturated rings. The lowest BCUT2D eigenvalue weighted by Gasteiger charge is -2.10. The van der Waals surface area contributed by atoms with E-state index in [0.29, 0.717) is 21.5 Å². The van der Waals surface area contributed by atoms with Gasteiger partial charge in [0.1, 0.15) is 0 Å². The predicted molar refractivity (Wildman–Crippen MR) is 68.2 cm³/mol. The number of carbonyl (C=O) groups is 1. The zero-order valence-electron chi connectivity index (χ0n) is 8.24. The second-order valence-corrected chi connectivity index (χ2v) is 4.82. The Morgan fingerprint density at radius 3 is 2.76 bits per heavy atom.